The van der Waals surface area contributed by atoms with E-state index in [2.05, 4.69) is 36.8 Å². The van der Waals surface area contributed by atoms with Crippen LogP contribution in [0.3, 0.4) is 0 Å². The first-order valence-electron chi connectivity index (χ1n) is 12.3. The van der Waals surface area contributed by atoms with Crippen molar-refractivity contribution in [3.8, 4) is 6.07 Å². The van der Waals surface area contributed by atoms with E-state index in [1.807, 2.05) is 26.0 Å². The normalized spacial score (nSPS) is 17.7. The van der Waals surface area contributed by atoms with E-state index in [4.69, 9.17) is 9.72 Å². The van der Waals surface area contributed by atoms with E-state index < -0.39 is 0 Å². The third-order valence-corrected chi connectivity index (χ3v) is 7.24. The second-order valence-electron chi connectivity index (χ2n) is 9.24. The number of nitriles is 1. The number of thioether (sulfide) groups is 1. The van der Waals surface area contributed by atoms with E-state index in [9.17, 15) is 9.65 Å². The van der Waals surface area contributed by atoms with E-state index in [1.165, 1.54) is 6.07 Å². The number of nitrogens with zero attached hydrogens (tertiary/aromatic N) is 4. The molecule has 2 aliphatic rings. The van der Waals surface area contributed by atoms with E-state index in [1.54, 1.807) is 17.8 Å². The monoisotopic (exact) mass is 484 g/mol. The number of hydrogen-bond donors (Lipinski definition) is 0. The van der Waals surface area contributed by atoms with Crippen LogP contribution in [0.15, 0.2) is 29.3 Å². The van der Waals surface area contributed by atoms with E-state index in [-0.39, 0.29) is 11.4 Å². The Morgan fingerprint density at radius 3 is 2.65 bits per heavy atom. The molecule has 0 radical (unpaired) electrons. The van der Waals surface area contributed by atoms with Crippen LogP contribution in [0.2, 0.25) is 0 Å². The zero-order chi connectivity index (χ0) is 24.7. The number of aromatic nitrogens is 1. The summed E-state index contributed by atoms with van der Waals surface area (Å²) >= 11 is 1.55. The number of aryl methyl sites for hydroxylation is 1. The van der Waals surface area contributed by atoms with Gasteiger partial charge in [-0.25, -0.2) is 9.37 Å². The molecule has 184 valence electrons. The Kier molecular flexibility index (Phi) is 9.35. The van der Waals surface area contributed by atoms with Crippen molar-refractivity contribution >= 4 is 17.6 Å². The second kappa shape index (κ2) is 12.0. The van der Waals surface area contributed by atoms with Gasteiger partial charge >= 0.3 is 0 Å². The third-order valence-electron chi connectivity index (χ3n) is 6.27. The van der Waals surface area contributed by atoms with Crippen LogP contribution in [0.4, 0.5) is 10.2 Å². The van der Waals surface area contributed by atoms with Crippen molar-refractivity contribution in [2.24, 2.45) is 0 Å². The van der Waals surface area contributed by atoms with Gasteiger partial charge in [-0.05, 0) is 57.5 Å². The molecule has 1 aromatic carbocycles. The van der Waals surface area contributed by atoms with Gasteiger partial charge in [-0.2, -0.15) is 5.26 Å². The molecule has 2 aromatic rings. The minimum absolute atomic E-state index is 0.180. The molecule has 4 rings (SSSR count). The number of benzene rings is 1. The van der Waals surface area contributed by atoms with Gasteiger partial charge in [-0.3, -0.25) is 0 Å². The zero-order valence-corrected chi connectivity index (χ0v) is 22.0. The first-order chi connectivity index (χ1) is 16.4. The summed E-state index contributed by atoms with van der Waals surface area (Å²) in [6.07, 6.45) is 2.36. The molecule has 1 fully saturated rings. The van der Waals surface area contributed by atoms with E-state index in [0.29, 0.717) is 36.3 Å². The highest BCUT2D eigenvalue weighted by atomic mass is 32.2. The highest BCUT2D eigenvalue weighted by molar-refractivity contribution is 7.99. The van der Waals surface area contributed by atoms with E-state index >= 15 is 0 Å². The molecular formula is C27H37FN4OS. The molecule has 1 saturated heterocycles. The number of hydrogen-bond acceptors (Lipinski definition) is 6. The van der Waals surface area contributed by atoms with Crippen molar-refractivity contribution < 1.29 is 9.13 Å². The van der Waals surface area contributed by atoms with Crippen LogP contribution >= 0.6 is 11.8 Å². The van der Waals surface area contributed by atoms with Crippen molar-refractivity contribution in [3.63, 3.8) is 0 Å². The number of likely N-dealkylation sites (N-methyl/N-ethyl adjacent to an activating group) is 1. The summed E-state index contributed by atoms with van der Waals surface area (Å²) in [6.45, 7) is 12.5. The van der Waals surface area contributed by atoms with Crippen LogP contribution in [0.25, 0.3) is 0 Å². The average Bonchev–Trinajstić information content (AvgIpc) is 3.04. The SMILES string of the molecule is CC.CN1CCCN(c2nc(SCCc3ccccc3F)c(C#N)c3c2COC(C)(C)C3)CC1. The van der Waals surface area contributed by atoms with Crippen molar-refractivity contribution in [1.29, 1.82) is 5.26 Å². The topological polar surface area (TPSA) is 52.4 Å². The fourth-order valence-corrected chi connectivity index (χ4v) is 5.40. The minimum Gasteiger partial charge on any atom is -0.370 e. The molecule has 34 heavy (non-hydrogen) atoms. The molecule has 2 aliphatic heterocycles. The molecule has 0 unspecified atom stereocenters. The summed E-state index contributed by atoms with van der Waals surface area (Å²) in [5.74, 6) is 1.45. The fourth-order valence-electron chi connectivity index (χ4n) is 4.42. The molecule has 1 aromatic heterocycles. The van der Waals surface area contributed by atoms with Gasteiger partial charge in [-0.1, -0.05) is 32.0 Å². The molecule has 0 atom stereocenters. The largest absolute Gasteiger partial charge is 0.370 e. The Balaban J connectivity index is 0.00000158. The lowest BCUT2D eigenvalue weighted by atomic mass is 9.89. The molecule has 5 nitrogen and oxygen atoms in total. The van der Waals surface area contributed by atoms with Gasteiger partial charge in [0.25, 0.3) is 0 Å². The van der Waals surface area contributed by atoms with Crippen LogP contribution < -0.4 is 4.90 Å². The Hall–Kier alpha value is -2.14. The summed E-state index contributed by atoms with van der Waals surface area (Å²) < 4.78 is 20.2. The third kappa shape index (κ3) is 6.29. The lowest BCUT2D eigenvalue weighted by molar-refractivity contribution is -0.0402. The quantitative estimate of drug-likeness (QED) is 0.526. The van der Waals surface area contributed by atoms with Gasteiger partial charge in [-0.15, -0.1) is 11.8 Å². The summed E-state index contributed by atoms with van der Waals surface area (Å²) in [7, 11) is 2.15. The van der Waals surface area contributed by atoms with E-state index in [0.717, 1.165) is 54.6 Å². The Morgan fingerprint density at radius 1 is 1.15 bits per heavy atom. The Bertz CT molecular complexity index is 1020. The van der Waals surface area contributed by atoms with Crippen molar-refractivity contribution in [2.45, 2.75) is 64.2 Å². The van der Waals surface area contributed by atoms with Gasteiger partial charge in [0.05, 0.1) is 17.8 Å². The standard InChI is InChI=1S/C25H31FN4OS.C2H6/c1-25(2)15-19-20(16-27)24(32-14-9-18-7-4-5-8-22(18)26)28-23(21(19)17-31-25)30-11-6-10-29(3)12-13-30;1-2/h4-5,7-8H,6,9-15,17H2,1-3H3;1-2H3. The predicted molar refractivity (Wildman–Crippen MR) is 138 cm³/mol. The van der Waals surface area contributed by atoms with Crippen LogP contribution in [0, 0.1) is 17.1 Å². The number of rotatable bonds is 5. The van der Waals surface area contributed by atoms with Gasteiger partial charge in [0.15, 0.2) is 0 Å². The van der Waals surface area contributed by atoms with Gasteiger partial charge in [0.1, 0.15) is 22.7 Å². The van der Waals surface area contributed by atoms with Gasteiger partial charge in [0, 0.05) is 37.4 Å². The predicted octanol–water partition coefficient (Wildman–Crippen LogP) is 5.45. The Morgan fingerprint density at radius 2 is 1.91 bits per heavy atom. The molecule has 7 heteroatoms. The van der Waals surface area contributed by atoms with Crippen molar-refractivity contribution in [1.82, 2.24) is 9.88 Å². The summed E-state index contributed by atoms with van der Waals surface area (Å²) in [4.78, 5) is 9.72. The molecule has 0 bridgehead atoms. The average molecular weight is 485 g/mol. The lowest BCUT2D eigenvalue weighted by Crippen LogP contribution is -2.36. The summed E-state index contributed by atoms with van der Waals surface area (Å²) in [5.41, 5.74) is 3.17. The summed E-state index contributed by atoms with van der Waals surface area (Å²) in [5, 5.41) is 10.8. The van der Waals surface area contributed by atoms with Crippen LogP contribution in [-0.4, -0.2) is 54.5 Å². The molecule has 0 N–H and O–H groups in total. The van der Waals surface area contributed by atoms with Gasteiger partial charge < -0.3 is 14.5 Å². The lowest BCUT2D eigenvalue weighted by Gasteiger charge is -2.35. The van der Waals surface area contributed by atoms with Crippen LogP contribution in [0.1, 0.15) is 56.4 Å². The second-order valence-corrected chi connectivity index (χ2v) is 10.3. The van der Waals surface area contributed by atoms with Crippen molar-refractivity contribution in [2.75, 3.05) is 43.9 Å². The van der Waals surface area contributed by atoms with Gasteiger partial charge in [0.2, 0.25) is 0 Å². The highest BCUT2D eigenvalue weighted by Crippen LogP contribution is 2.39. The Labute approximate surface area is 208 Å². The maximum atomic E-state index is 14.0. The number of pyridine rings is 1. The number of anilines is 1. The number of halogens is 1. The highest BCUT2D eigenvalue weighted by Gasteiger charge is 2.33. The molecular weight excluding hydrogens is 447 g/mol. The van der Waals surface area contributed by atoms with Crippen LogP contribution in [-0.2, 0) is 24.2 Å². The number of fused-ring (bicyclic) bond motifs is 1. The maximum Gasteiger partial charge on any atom is 0.135 e. The maximum absolute atomic E-state index is 14.0. The van der Waals surface area contributed by atoms with Crippen LogP contribution in [0.5, 0.6) is 0 Å². The molecule has 0 aliphatic carbocycles. The first-order valence-corrected chi connectivity index (χ1v) is 13.3. The molecule has 3 heterocycles. The van der Waals surface area contributed by atoms with Crippen molar-refractivity contribution in [3.05, 3.63) is 52.3 Å². The molecule has 0 spiro atoms. The number of ether oxygens (including phenoxy) is 1. The minimum atomic E-state index is -0.314. The molecule has 0 saturated carbocycles. The molecule has 0 amide bonds. The fraction of sp³-hybridized carbons (Fsp3) is 0.556. The smallest absolute Gasteiger partial charge is 0.135 e. The zero-order valence-electron chi connectivity index (χ0n) is 21.2. The first kappa shape index (κ1) is 26.5. The summed E-state index contributed by atoms with van der Waals surface area (Å²) in [6, 6.07) is 9.31.